The van der Waals surface area contributed by atoms with Crippen molar-refractivity contribution in [2.24, 2.45) is 0 Å². The van der Waals surface area contributed by atoms with E-state index < -0.39 is 0 Å². The van der Waals surface area contributed by atoms with Gasteiger partial charge in [-0.25, -0.2) is 0 Å². The van der Waals surface area contributed by atoms with E-state index in [1.54, 1.807) is 36.4 Å². The molecule has 2 aromatic carbocycles. The zero-order chi connectivity index (χ0) is 20.1. The minimum Gasteiger partial charge on any atom is -0.494 e. The van der Waals surface area contributed by atoms with Gasteiger partial charge >= 0.3 is 0 Å². The molecule has 1 aliphatic heterocycles. The highest BCUT2D eigenvalue weighted by molar-refractivity contribution is 8.04. The Morgan fingerprint density at radius 1 is 1.00 bits per heavy atom. The monoisotopic (exact) mass is 417 g/mol. The zero-order valence-electron chi connectivity index (χ0n) is 15.6. The zero-order valence-corrected chi connectivity index (χ0v) is 17.2. The van der Waals surface area contributed by atoms with Crippen LogP contribution in [-0.2, 0) is 14.3 Å². The fourth-order valence-corrected chi connectivity index (χ4v) is 3.93. The third-order valence-corrected chi connectivity index (χ3v) is 5.47. The second kappa shape index (κ2) is 9.28. The molecule has 0 aromatic heterocycles. The maximum atomic E-state index is 13.0. The third-order valence-electron chi connectivity index (χ3n) is 4.13. The first-order chi connectivity index (χ1) is 13.5. The van der Waals surface area contributed by atoms with Crippen molar-refractivity contribution in [3.8, 4) is 5.75 Å². The molecule has 0 saturated heterocycles. The van der Waals surface area contributed by atoms with Crippen LogP contribution in [-0.4, -0.2) is 43.6 Å². The highest BCUT2D eigenvalue weighted by atomic mass is 35.5. The van der Waals surface area contributed by atoms with Crippen molar-refractivity contribution in [2.75, 3.05) is 26.9 Å². The van der Waals surface area contributed by atoms with E-state index in [1.807, 2.05) is 19.1 Å². The van der Waals surface area contributed by atoms with Gasteiger partial charge in [0.25, 0.3) is 11.8 Å². The van der Waals surface area contributed by atoms with Crippen molar-refractivity contribution in [1.29, 1.82) is 0 Å². The van der Waals surface area contributed by atoms with Gasteiger partial charge in [0.15, 0.2) is 0 Å². The molecule has 0 spiro atoms. The Hall–Kier alpha value is -2.28. The van der Waals surface area contributed by atoms with E-state index in [0.29, 0.717) is 33.4 Å². The Morgan fingerprint density at radius 3 is 2.29 bits per heavy atom. The predicted octanol–water partition coefficient (Wildman–Crippen LogP) is 4.26. The van der Waals surface area contributed by atoms with Gasteiger partial charge in [-0.05, 0) is 48.9 Å². The van der Waals surface area contributed by atoms with Gasteiger partial charge in [-0.1, -0.05) is 35.5 Å². The van der Waals surface area contributed by atoms with Crippen LogP contribution in [0.1, 0.15) is 12.5 Å². The Bertz CT molecular complexity index is 894. The molecular weight excluding hydrogens is 398 g/mol. The lowest BCUT2D eigenvalue weighted by Crippen LogP contribution is -2.34. The number of amides is 2. The topological polar surface area (TPSA) is 55.8 Å². The Labute approximate surface area is 173 Å². The number of carbonyl (C=O) groups excluding carboxylic acids is 2. The summed E-state index contributed by atoms with van der Waals surface area (Å²) in [4.78, 5) is 28.4. The van der Waals surface area contributed by atoms with Gasteiger partial charge in [0.2, 0.25) is 0 Å². The van der Waals surface area contributed by atoms with Gasteiger partial charge in [-0.2, -0.15) is 0 Å². The predicted molar refractivity (Wildman–Crippen MR) is 110 cm³/mol. The number of thioether (sulfide) groups is 1. The summed E-state index contributed by atoms with van der Waals surface area (Å²) in [5.74, 6) is 0.0836. The molecule has 0 bridgehead atoms. The first kappa shape index (κ1) is 20.5. The lowest BCUT2D eigenvalue weighted by atomic mass is 10.1. The van der Waals surface area contributed by atoms with E-state index in [0.717, 1.165) is 4.90 Å². The molecule has 1 heterocycles. The molecular formula is C21H20ClNO4S. The summed E-state index contributed by atoms with van der Waals surface area (Å²) in [6.07, 6.45) is 0. The largest absolute Gasteiger partial charge is 0.494 e. The molecule has 0 atom stereocenters. The molecule has 0 fully saturated rings. The molecule has 0 radical (unpaired) electrons. The minimum atomic E-state index is -0.317. The molecule has 0 aliphatic carbocycles. The van der Waals surface area contributed by atoms with Crippen LogP contribution in [0.4, 0.5) is 0 Å². The number of hydrogen-bond donors (Lipinski definition) is 0. The highest BCUT2D eigenvalue weighted by Gasteiger charge is 2.39. The van der Waals surface area contributed by atoms with Gasteiger partial charge < -0.3 is 9.47 Å². The van der Waals surface area contributed by atoms with E-state index in [9.17, 15) is 9.59 Å². The average Bonchev–Trinajstić information content (AvgIpc) is 2.92. The molecule has 0 saturated carbocycles. The number of carbonyl (C=O) groups is 2. The first-order valence-corrected chi connectivity index (χ1v) is 10.0. The number of methoxy groups -OCH3 is 1. The Balaban J connectivity index is 1.99. The van der Waals surface area contributed by atoms with Crippen molar-refractivity contribution in [3.63, 3.8) is 0 Å². The van der Waals surface area contributed by atoms with Crippen LogP contribution in [0.25, 0.3) is 5.57 Å². The summed E-state index contributed by atoms with van der Waals surface area (Å²) in [6, 6.07) is 14.4. The van der Waals surface area contributed by atoms with E-state index >= 15 is 0 Å². The van der Waals surface area contributed by atoms with Gasteiger partial charge in [0.05, 0.1) is 30.2 Å². The summed E-state index contributed by atoms with van der Waals surface area (Å²) >= 11 is 7.21. The normalized spacial score (nSPS) is 14.2. The maximum absolute atomic E-state index is 13.0. The number of hydrogen-bond acceptors (Lipinski definition) is 5. The van der Waals surface area contributed by atoms with Crippen LogP contribution in [0.2, 0.25) is 5.02 Å². The molecule has 28 heavy (non-hydrogen) atoms. The standard InChI is InChI=1S/C21H20ClNO4S/c1-3-27-16-8-4-14(5-9-16)18-19(28-17-10-6-15(22)7-11-17)21(25)23(20(18)24)12-13-26-2/h4-11H,3,12-13H2,1-2H3. The third kappa shape index (κ3) is 4.41. The molecule has 146 valence electrons. The van der Waals surface area contributed by atoms with Crippen molar-refractivity contribution < 1.29 is 19.1 Å². The van der Waals surface area contributed by atoms with Crippen molar-refractivity contribution in [1.82, 2.24) is 4.90 Å². The van der Waals surface area contributed by atoms with Crippen LogP contribution >= 0.6 is 23.4 Å². The number of rotatable bonds is 8. The minimum absolute atomic E-state index is 0.208. The Kier molecular flexibility index (Phi) is 6.78. The molecule has 7 heteroatoms. The summed E-state index contributed by atoms with van der Waals surface area (Å²) in [7, 11) is 1.54. The summed E-state index contributed by atoms with van der Waals surface area (Å²) < 4.78 is 10.5. The number of halogens is 1. The molecule has 0 N–H and O–H groups in total. The summed E-state index contributed by atoms with van der Waals surface area (Å²) in [6.45, 7) is 2.96. The van der Waals surface area contributed by atoms with Gasteiger partial charge in [-0.15, -0.1) is 0 Å². The second-order valence-electron chi connectivity index (χ2n) is 5.97. The molecule has 2 amide bonds. The summed E-state index contributed by atoms with van der Waals surface area (Å²) in [5, 5.41) is 0.612. The van der Waals surface area contributed by atoms with Crippen LogP contribution in [0, 0.1) is 0 Å². The SMILES string of the molecule is CCOc1ccc(C2=C(Sc3ccc(Cl)cc3)C(=O)N(CCOC)C2=O)cc1. The smallest absolute Gasteiger partial charge is 0.268 e. The van der Waals surface area contributed by atoms with Crippen LogP contribution in [0.5, 0.6) is 5.75 Å². The lowest BCUT2D eigenvalue weighted by molar-refractivity contribution is -0.137. The van der Waals surface area contributed by atoms with Gasteiger partial charge in [0, 0.05) is 17.0 Å². The number of ether oxygens (including phenoxy) is 2. The molecule has 5 nitrogen and oxygen atoms in total. The lowest BCUT2D eigenvalue weighted by Gasteiger charge is -2.14. The van der Waals surface area contributed by atoms with Crippen LogP contribution < -0.4 is 4.74 Å². The number of nitrogens with zero attached hydrogens (tertiary/aromatic N) is 1. The van der Waals surface area contributed by atoms with E-state index in [-0.39, 0.29) is 25.0 Å². The van der Waals surface area contributed by atoms with Crippen molar-refractivity contribution in [2.45, 2.75) is 11.8 Å². The fourth-order valence-electron chi connectivity index (χ4n) is 2.79. The van der Waals surface area contributed by atoms with Crippen LogP contribution in [0.15, 0.2) is 58.3 Å². The fraction of sp³-hybridized carbons (Fsp3) is 0.238. The Morgan fingerprint density at radius 2 is 1.68 bits per heavy atom. The first-order valence-electron chi connectivity index (χ1n) is 8.81. The van der Waals surface area contributed by atoms with E-state index in [1.165, 1.54) is 23.8 Å². The van der Waals surface area contributed by atoms with Crippen molar-refractivity contribution in [3.05, 3.63) is 64.0 Å². The number of imide groups is 1. The quantitative estimate of drug-likeness (QED) is 0.601. The van der Waals surface area contributed by atoms with E-state index in [4.69, 9.17) is 21.1 Å². The van der Waals surface area contributed by atoms with Gasteiger partial charge in [0.1, 0.15) is 5.75 Å². The maximum Gasteiger partial charge on any atom is 0.268 e. The molecule has 3 rings (SSSR count). The molecule has 1 aliphatic rings. The highest BCUT2D eigenvalue weighted by Crippen LogP contribution is 2.40. The molecule has 2 aromatic rings. The van der Waals surface area contributed by atoms with Crippen molar-refractivity contribution >= 4 is 40.8 Å². The number of benzene rings is 2. The van der Waals surface area contributed by atoms with E-state index in [2.05, 4.69) is 0 Å². The van der Waals surface area contributed by atoms with Gasteiger partial charge in [-0.3, -0.25) is 14.5 Å². The van der Waals surface area contributed by atoms with Crippen LogP contribution in [0.3, 0.4) is 0 Å². The average molecular weight is 418 g/mol. The molecule has 0 unspecified atom stereocenters. The summed E-state index contributed by atoms with van der Waals surface area (Å²) in [5.41, 5.74) is 1.07. The second-order valence-corrected chi connectivity index (χ2v) is 7.49.